The average Bonchev–Trinajstić information content (AvgIpc) is 2.03. The number of rotatable bonds is 5. The second kappa shape index (κ2) is 6.61. The maximum Gasteiger partial charge on any atom is 0.240 e. The van der Waals surface area contributed by atoms with Crippen molar-refractivity contribution in [3.63, 3.8) is 0 Å². The van der Waals surface area contributed by atoms with Gasteiger partial charge in [-0.3, -0.25) is 4.79 Å². The van der Waals surface area contributed by atoms with Crippen LogP contribution in [0.5, 0.6) is 0 Å². The number of halogens is 1. The number of carbonyl (C=O) groups excluding carboxylic acids is 1. The van der Waals surface area contributed by atoms with Crippen LogP contribution in [0.25, 0.3) is 0 Å². The molecule has 0 radical (unpaired) electrons. The maximum atomic E-state index is 11.2. The van der Waals surface area contributed by atoms with Crippen molar-refractivity contribution in [1.82, 2.24) is 4.90 Å². The lowest BCUT2D eigenvalue weighted by molar-refractivity contribution is -0.128. The van der Waals surface area contributed by atoms with Crippen LogP contribution >= 0.6 is 23.4 Å². The summed E-state index contributed by atoms with van der Waals surface area (Å²) in [6.45, 7) is 0. The van der Waals surface area contributed by atoms with Crippen molar-refractivity contribution in [2.24, 2.45) is 0 Å². The van der Waals surface area contributed by atoms with Gasteiger partial charge in [0.15, 0.2) is 0 Å². The number of nitrogens with zero attached hydrogens (tertiary/aromatic N) is 1. The molecule has 0 aromatic rings. The van der Waals surface area contributed by atoms with Crippen LogP contribution in [0.2, 0.25) is 0 Å². The first kappa shape index (κ1) is 12.1. The second-order valence-electron chi connectivity index (χ2n) is 2.84. The van der Waals surface area contributed by atoms with Crippen LogP contribution in [0.1, 0.15) is 12.8 Å². The SMILES string of the molecule is CSCCCC(Cl)C(=O)N(C)C. The van der Waals surface area contributed by atoms with Crippen molar-refractivity contribution in [3.05, 3.63) is 0 Å². The highest BCUT2D eigenvalue weighted by Gasteiger charge is 2.15. The van der Waals surface area contributed by atoms with Crippen molar-refractivity contribution >= 4 is 29.3 Å². The standard InChI is InChI=1S/C8H16ClNOS/c1-10(2)8(11)7(9)5-4-6-12-3/h7H,4-6H2,1-3H3. The summed E-state index contributed by atoms with van der Waals surface area (Å²) in [7, 11) is 3.46. The molecule has 72 valence electrons. The molecule has 0 saturated carbocycles. The first-order valence-corrected chi connectivity index (χ1v) is 5.76. The number of alkyl halides is 1. The third-order valence-electron chi connectivity index (χ3n) is 1.51. The summed E-state index contributed by atoms with van der Waals surface area (Å²) in [5, 5.41) is -0.341. The molecule has 0 heterocycles. The van der Waals surface area contributed by atoms with Crippen LogP contribution in [0, 0.1) is 0 Å². The first-order valence-electron chi connectivity index (χ1n) is 3.93. The molecular weight excluding hydrogens is 194 g/mol. The Bertz CT molecular complexity index is 141. The molecule has 0 aromatic carbocycles. The molecule has 1 amide bonds. The van der Waals surface area contributed by atoms with Gasteiger partial charge < -0.3 is 4.90 Å². The number of hydrogen-bond donors (Lipinski definition) is 0. The number of amides is 1. The molecule has 0 aliphatic heterocycles. The van der Waals surface area contributed by atoms with E-state index < -0.39 is 0 Å². The third kappa shape index (κ3) is 4.88. The zero-order chi connectivity index (χ0) is 9.56. The molecular formula is C8H16ClNOS. The van der Waals surface area contributed by atoms with Gasteiger partial charge in [0.25, 0.3) is 0 Å². The summed E-state index contributed by atoms with van der Waals surface area (Å²) in [5.41, 5.74) is 0. The predicted molar refractivity (Wildman–Crippen MR) is 56.0 cm³/mol. The van der Waals surface area contributed by atoms with Crippen LogP contribution in [0.3, 0.4) is 0 Å². The number of thioether (sulfide) groups is 1. The molecule has 0 rings (SSSR count). The van der Waals surface area contributed by atoms with E-state index in [4.69, 9.17) is 11.6 Å². The highest BCUT2D eigenvalue weighted by Crippen LogP contribution is 2.10. The quantitative estimate of drug-likeness (QED) is 0.509. The van der Waals surface area contributed by atoms with Crippen LogP contribution in [-0.4, -0.2) is 42.3 Å². The van der Waals surface area contributed by atoms with Crippen molar-refractivity contribution in [2.45, 2.75) is 18.2 Å². The van der Waals surface area contributed by atoms with Gasteiger partial charge in [-0.1, -0.05) is 0 Å². The van der Waals surface area contributed by atoms with E-state index in [1.54, 1.807) is 25.9 Å². The van der Waals surface area contributed by atoms with Crippen LogP contribution < -0.4 is 0 Å². The Kier molecular flexibility index (Phi) is 6.67. The van der Waals surface area contributed by atoms with Crippen LogP contribution in [0.15, 0.2) is 0 Å². The van der Waals surface area contributed by atoms with Gasteiger partial charge in [0.2, 0.25) is 5.91 Å². The summed E-state index contributed by atoms with van der Waals surface area (Å²) < 4.78 is 0. The fourth-order valence-corrected chi connectivity index (χ4v) is 1.62. The topological polar surface area (TPSA) is 20.3 Å². The maximum absolute atomic E-state index is 11.2. The minimum atomic E-state index is -0.341. The van der Waals surface area contributed by atoms with E-state index in [2.05, 4.69) is 6.26 Å². The van der Waals surface area contributed by atoms with Crippen molar-refractivity contribution in [1.29, 1.82) is 0 Å². The number of carbonyl (C=O) groups is 1. The monoisotopic (exact) mass is 209 g/mol. The Morgan fingerprint density at radius 2 is 2.17 bits per heavy atom. The lowest BCUT2D eigenvalue weighted by atomic mass is 10.2. The molecule has 0 saturated heterocycles. The average molecular weight is 210 g/mol. The normalized spacial score (nSPS) is 12.7. The van der Waals surface area contributed by atoms with Crippen molar-refractivity contribution in [3.8, 4) is 0 Å². The van der Waals surface area contributed by atoms with E-state index >= 15 is 0 Å². The van der Waals surface area contributed by atoms with Crippen molar-refractivity contribution in [2.75, 3.05) is 26.1 Å². The fraction of sp³-hybridized carbons (Fsp3) is 0.875. The van der Waals surface area contributed by atoms with E-state index in [-0.39, 0.29) is 11.3 Å². The minimum Gasteiger partial charge on any atom is -0.348 e. The Labute approximate surface area is 83.6 Å². The molecule has 1 unspecified atom stereocenters. The molecule has 0 aliphatic carbocycles. The summed E-state index contributed by atoms with van der Waals surface area (Å²) in [4.78, 5) is 12.8. The zero-order valence-electron chi connectivity index (χ0n) is 7.84. The smallest absolute Gasteiger partial charge is 0.240 e. The summed E-state index contributed by atoms with van der Waals surface area (Å²) in [5.74, 6) is 1.09. The van der Waals surface area contributed by atoms with E-state index in [1.807, 2.05) is 0 Å². The third-order valence-corrected chi connectivity index (χ3v) is 2.62. The molecule has 0 fully saturated rings. The molecule has 4 heteroatoms. The van der Waals surface area contributed by atoms with Gasteiger partial charge >= 0.3 is 0 Å². The molecule has 2 nitrogen and oxygen atoms in total. The Morgan fingerprint density at radius 1 is 1.58 bits per heavy atom. The highest BCUT2D eigenvalue weighted by molar-refractivity contribution is 7.98. The Balaban J connectivity index is 3.57. The summed E-state index contributed by atoms with van der Waals surface area (Å²) >= 11 is 7.64. The first-order chi connectivity index (χ1) is 5.59. The zero-order valence-corrected chi connectivity index (χ0v) is 9.41. The minimum absolute atomic E-state index is 0.0118. The van der Waals surface area contributed by atoms with Crippen LogP contribution in [-0.2, 0) is 4.79 Å². The Hall–Kier alpha value is 0.110. The number of hydrogen-bond acceptors (Lipinski definition) is 2. The molecule has 1 atom stereocenters. The molecule has 12 heavy (non-hydrogen) atoms. The van der Waals surface area contributed by atoms with Gasteiger partial charge in [-0.05, 0) is 24.9 Å². The molecule has 0 N–H and O–H groups in total. The van der Waals surface area contributed by atoms with E-state index in [0.717, 1.165) is 18.6 Å². The van der Waals surface area contributed by atoms with Gasteiger partial charge in [-0.25, -0.2) is 0 Å². The Morgan fingerprint density at radius 3 is 2.58 bits per heavy atom. The van der Waals surface area contributed by atoms with Gasteiger partial charge in [0, 0.05) is 14.1 Å². The molecule has 0 bridgehead atoms. The molecule has 0 aromatic heterocycles. The van der Waals surface area contributed by atoms with E-state index in [9.17, 15) is 4.79 Å². The van der Waals surface area contributed by atoms with E-state index in [1.165, 1.54) is 4.90 Å². The van der Waals surface area contributed by atoms with Gasteiger partial charge in [-0.15, -0.1) is 11.6 Å². The molecule has 0 aliphatic rings. The van der Waals surface area contributed by atoms with Crippen molar-refractivity contribution < 1.29 is 4.79 Å². The van der Waals surface area contributed by atoms with Gasteiger partial charge in [0.1, 0.15) is 5.38 Å². The van der Waals surface area contributed by atoms with Crippen LogP contribution in [0.4, 0.5) is 0 Å². The molecule has 0 spiro atoms. The fourth-order valence-electron chi connectivity index (χ4n) is 0.811. The van der Waals surface area contributed by atoms with Gasteiger partial charge in [-0.2, -0.15) is 11.8 Å². The lowest BCUT2D eigenvalue weighted by Crippen LogP contribution is -2.30. The highest BCUT2D eigenvalue weighted by atomic mass is 35.5. The van der Waals surface area contributed by atoms with E-state index in [0.29, 0.717) is 0 Å². The summed E-state index contributed by atoms with van der Waals surface area (Å²) in [6, 6.07) is 0. The lowest BCUT2D eigenvalue weighted by Gasteiger charge is -2.14. The summed E-state index contributed by atoms with van der Waals surface area (Å²) in [6.07, 6.45) is 3.84. The largest absolute Gasteiger partial charge is 0.348 e. The predicted octanol–water partition coefficient (Wildman–Crippen LogP) is 1.83. The second-order valence-corrected chi connectivity index (χ2v) is 4.35. The van der Waals surface area contributed by atoms with Gasteiger partial charge in [0.05, 0.1) is 0 Å².